The van der Waals surface area contributed by atoms with Gasteiger partial charge in [0.05, 0.1) is 7.11 Å². The quantitative estimate of drug-likeness (QED) is 0.773. The number of aldehydes is 1. The first-order valence-electron chi connectivity index (χ1n) is 4.91. The fourth-order valence-electron chi connectivity index (χ4n) is 1.57. The lowest BCUT2D eigenvalue weighted by molar-refractivity contribution is -0.108. The predicted molar refractivity (Wildman–Crippen MR) is 58.5 cm³/mol. The molecule has 0 aliphatic carbocycles. The van der Waals surface area contributed by atoms with Gasteiger partial charge in [-0.3, -0.25) is 0 Å². The lowest BCUT2D eigenvalue weighted by Crippen LogP contribution is -1.97. The summed E-state index contributed by atoms with van der Waals surface area (Å²) in [6.45, 7) is 3.77. The van der Waals surface area contributed by atoms with Gasteiger partial charge < -0.3 is 14.6 Å². The summed E-state index contributed by atoms with van der Waals surface area (Å²) < 4.78 is 5.17. The Morgan fingerprint density at radius 1 is 1.53 bits per heavy atom. The Labute approximate surface area is 89.7 Å². The lowest BCUT2D eigenvalue weighted by Gasteiger charge is -2.14. The van der Waals surface area contributed by atoms with Crippen molar-refractivity contribution in [1.29, 1.82) is 0 Å². The summed E-state index contributed by atoms with van der Waals surface area (Å²) in [5, 5.41) is 9.74. The standard InChI is InChI=1S/C12H16O3/c1-8(4-5-13)10-7-12(15-3)9(2)6-11(10)14/h5-8,14H,4H2,1-3H3. The van der Waals surface area contributed by atoms with E-state index in [1.807, 2.05) is 13.8 Å². The van der Waals surface area contributed by atoms with E-state index in [0.29, 0.717) is 6.42 Å². The van der Waals surface area contributed by atoms with Gasteiger partial charge in [-0.2, -0.15) is 0 Å². The molecule has 3 nitrogen and oxygen atoms in total. The number of benzene rings is 1. The number of ether oxygens (including phenoxy) is 1. The van der Waals surface area contributed by atoms with E-state index in [1.54, 1.807) is 19.2 Å². The van der Waals surface area contributed by atoms with E-state index in [1.165, 1.54) is 0 Å². The normalized spacial score (nSPS) is 12.2. The molecule has 1 atom stereocenters. The van der Waals surface area contributed by atoms with E-state index >= 15 is 0 Å². The van der Waals surface area contributed by atoms with Crippen molar-refractivity contribution in [2.45, 2.75) is 26.2 Å². The zero-order chi connectivity index (χ0) is 11.4. The van der Waals surface area contributed by atoms with Crippen LogP contribution in [0, 0.1) is 6.92 Å². The molecule has 15 heavy (non-hydrogen) atoms. The molecule has 0 aromatic heterocycles. The fourth-order valence-corrected chi connectivity index (χ4v) is 1.57. The van der Waals surface area contributed by atoms with Gasteiger partial charge in [0.1, 0.15) is 17.8 Å². The smallest absolute Gasteiger partial charge is 0.122 e. The third-order valence-corrected chi connectivity index (χ3v) is 2.52. The number of phenols is 1. The van der Waals surface area contributed by atoms with Gasteiger partial charge in [-0.25, -0.2) is 0 Å². The minimum atomic E-state index is 0.0111. The first-order valence-corrected chi connectivity index (χ1v) is 4.91. The minimum absolute atomic E-state index is 0.0111. The highest BCUT2D eigenvalue weighted by molar-refractivity contribution is 5.54. The van der Waals surface area contributed by atoms with Crippen molar-refractivity contribution in [2.24, 2.45) is 0 Å². The Bertz CT molecular complexity index is 358. The molecule has 0 saturated carbocycles. The summed E-state index contributed by atoms with van der Waals surface area (Å²) in [5.74, 6) is 0.972. The van der Waals surface area contributed by atoms with Gasteiger partial charge in [0.15, 0.2) is 0 Å². The molecular weight excluding hydrogens is 192 g/mol. The molecule has 0 radical (unpaired) electrons. The van der Waals surface area contributed by atoms with Crippen molar-refractivity contribution >= 4 is 6.29 Å². The summed E-state index contributed by atoms with van der Waals surface area (Å²) >= 11 is 0. The number of hydrogen-bond donors (Lipinski definition) is 1. The molecule has 1 aromatic carbocycles. The maximum atomic E-state index is 10.4. The predicted octanol–water partition coefficient (Wildman–Crippen LogP) is 2.40. The van der Waals surface area contributed by atoms with E-state index in [9.17, 15) is 9.90 Å². The van der Waals surface area contributed by atoms with Crippen molar-refractivity contribution in [3.8, 4) is 11.5 Å². The first-order chi connectivity index (χ1) is 7.10. The fraction of sp³-hybridized carbons (Fsp3) is 0.417. The molecule has 0 aliphatic heterocycles. The molecule has 1 N–H and O–H groups in total. The van der Waals surface area contributed by atoms with Crippen LogP contribution in [0.4, 0.5) is 0 Å². The van der Waals surface area contributed by atoms with Crippen molar-refractivity contribution in [1.82, 2.24) is 0 Å². The van der Waals surface area contributed by atoms with Gasteiger partial charge in [-0.15, -0.1) is 0 Å². The summed E-state index contributed by atoms with van der Waals surface area (Å²) in [6, 6.07) is 3.45. The van der Waals surface area contributed by atoms with Crippen LogP contribution < -0.4 is 4.74 Å². The summed E-state index contributed by atoms with van der Waals surface area (Å²) in [4.78, 5) is 10.4. The largest absolute Gasteiger partial charge is 0.508 e. The van der Waals surface area contributed by atoms with Crippen LogP contribution in [0.2, 0.25) is 0 Å². The monoisotopic (exact) mass is 208 g/mol. The van der Waals surface area contributed by atoms with Gasteiger partial charge in [-0.05, 0) is 30.5 Å². The molecule has 1 unspecified atom stereocenters. The van der Waals surface area contributed by atoms with E-state index in [4.69, 9.17) is 4.74 Å². The van der Waals surface area contributed by atoms with Crippen molar-refractivity contribution in [3.05, 3.63) is 23.3 Å². The topological polar surface area (TPSA) is 46.5 Å². The highest BCUT2D eigenvalue weighted by Gasteiger charge is 2.13. The number of hydrogen-bond acceptors (Lipinski definition) is 3. The van der Waals surface area contributed by atoms with Gasteiger partial charge in [0, 0.05) is 12.0 Å². The number of carbonyl (C=O) groups is 1. The van der Waals surface area contributed by atoms with E-state index in [2.05, 4.69) is 0 Å². The number of rotatable bonds is 4. The minimum Gasteiger partial charge on any atom is -0.508 e. The molecule has 0 aliphatic rings. The van der Waals surface area contributed by atoms with Gasteiger partial charge in [0.25, 0.3) is 0 Å². The van der Waals surface area contributed by atoms with Crippen LogP contribution in [0.1, 0.15) is 30.4 Å². The van der Waals surface area contributed by atoms with Gasteiger partial charge >= 0.3 is 0 Å². The van der Waals surface area contributed by atoms with Crippen LogP contribution in [-0.2, 0) is 4.79 Å². The molecule has 82 valence electrons. The second-order valence-electron chi connectivity index (χ2n) is 3.68. The molecule has 0 fully saturated rings. The molecule has 3 heteroatoms. The summed E-state index contributed by atoms with van der Waals surface area (Å²) in [7, 11) is 1.59. The molecule has 0 heterocycles. The molecular formula is C12H16O3. The molecule has 0 spiro atoms. The molecule has 0 amide bonds. The van der Waals surface area contributed by atoms with E-state index < -0.39 is 0 Å². The van der Waals surface area contributed by atoms with Gasteiger partial charge in [0.2, 0.25) is 0 Å². The van der Waals surface area contributed by atoms with Crippen LogP contribution in [0.5, 0.6) is 11.5 Å². The zero-order valence-electron chi connectivity index (χ0n) is 9.28. The molecule has 0 saturated heterocycles. The number of aryl methyl sites for hydroxylation is 1. The second-order valence-corrected chi connectivity index (χ2v) is 3.68. The maximum absolute atomic E-state index is 10.4. The maximum Gasteiger partial charge on any atom is 0.122 e. The Balaban J connectivity index is 3.11. The summed E-state index contributed by atoms with van der Waals surface area (Å²) in [5.41, 5.74) is 1.64. The van der Waals surface area contributed by atoms with Crippen molar-refractivity contribution in [2.75, 3.05) is 7.11 Å². The number of aromatic hydroxyl groups is 1. The molecule has 1 rings (SSSR count). The van der Waals surface area contributed by atoms with Crippen LogP contribution in [0.15, 0.2) is 12.1 Å². The average Bonchev–Trinajstić information content (AvgIpc) is 2.18. The van der Waals surface area contributed by atoms with Crippen molar-refractivity contribution in [3.63, 3.8) is 0 Å². The SMILES string of the molecule is COc1cc(C(C)CC=O)c(O)cc1C. The number of methoxy groups -OCH3 is 1. The van der Waals surface area contributed by atoms with Crippen molar-refractivity contribution < 1.29 is 14.6 Å². The molecule has 1 aromatic rings. The Hall–Kier alpha value is -1.51. The van der Waals surface area contributed by atoms with Crippen LogP contribution in [0.25, 0.3) is 0 Å². The van der Waals surface area contributed by atoms with Crippen LogP contribution in [-0.4, -0.2) is 18.5 Å². The van der Waals surface area contributed by atoms with E-state index in [-0.39, 0.29) is 11.7 Å². The first kappa shape index (κ1) is 11.6. The Kier molecular flexibility index (Phi) is 3.72. The Morgan fingerprint density at radius 2 is 2.20 bits per heavy atom. The van der Waals surface area contributed by atoms with Gasteiger partial charge in [-0.1, -0.05) is 6.92 Å². The highest BCUT2D eigenvalue weighted by Crippen LogP contribution is 2.33. The van der Waals surface area contributed by atoms with E-state index in [0.717, 1.165) is 23.2 Å². The number of carbonyl (C=O) groups excluding carboxylic acids is 1. The Morgan fingerprint density at radius 3 is 2.73 bits per heavy atom. The third kappa shape index (κ3) is 2.49. The zero-order valence-corrected chi connectivity index (χ0v) is 9.28. The second kappa shape index (κ2) is 4.82. The average molecular weight is 208 g/mol. The third-order valence-electron chi connectivity index (χ3n) is 2.52. The molecule has 0 bridgehead atoms. The lowest BCUT2D eigenvalue weighted by atomic mass is 9.96. The van der Waals surface area contributed by atoms with Crippen LogP contribution >= 0.6 is 0 Å². The highest BCUT2D eigenvalue weighted by atomic mass is 16.5. The number of phenolic OH excluding ortho intramolecular Hbond substituents is 1. The van der Waals surface area contributed by atoms with Crippen LogP contribution in [0.3, 0.4) is 0 Å². The summed E-state index contributed by atoms with van der Waals surface area (Å²) in [6.07, 6.45) is 1.26.